The van der Waals surface area contributed by atoms with Crippen LogP contribution < -0.4 is 5.32 Å². The van der Waals surface area contributed by atoms with E-state index in [4.69, 9.17) is 4.74 Å². The van der Waals surface area contributed by atoms with Crippen LogP contribution in [-0.2, 0) is 4.74 Å². The Morgan fingerprint density at radius 2 is 2.56 bits per heavy atom. The lowest BCUT2D eigenvalue weighted by Gasteiger charge is -2.25. The Labute approximate surface area is 61.4 Å². The maximum absolute atomic E-state index is 5.40. The lowest BCUT2D eigenvalue weighted by molar-refractivity contribution is 0.0305. The van der Waals surface area contributed by atoms with Gasteiger partial charge in [-0.1, -0.05) is 6.92 Å². The predicted octanol–water partition coefficient (Wildman–Crippen LogP) is 0.293. The van der Waals surface area contributed by atoms with E-state index in [2.05, 4.69) is 24.9 Å². The highest BCUT2D eigenvalue weighted by Crippen LogP contribution is 2.06. The molecule has 1 fully saturated rings. The van der Waals surface area contributed by atoms with Crippen molar-refractivity contribution in [3.63, 3.8) is 0 Å². The number of hydrogen-bond acceptors (Lipinski definition) is 3. The molecule has 0 bridgehead atoms. The molecule has 9 heavy (non-hydrogen) atoms. The predicted molar refractivity (Wildman–Crippen MR) is 41.1 cm³/mol. The van der Waals surface area contributed by atoms with E-state index in [1.165, 1.54) is 0 Å². The van der Waals surface area contributed by atoms with E-state index in [0.717, 1.165) is 19.7 Å². The Morgan fingerprint density at radius 1 is 1.78 bits per heavy atom. The second kappa shape index (κ2) is 3.44. The molecule has 1 N–H and O–H groups in total. The van der Waals surface area contributed by atoms with Crippen molar-refractivity contribution in [2.75, 3.05) is 19.7 Å². The minimum atomic E-state index is 0.307. The summed E-state index contributed by atoms with van der Waals surface area (Å²) in [6.07, 6.45) is 0.307. The molecule has 2 nitrogen and oxygen atoms in total. The lowest BCUT2D eigenvalue weighted by Crippen LogP contribution is -2.42. The maximum atomic E-state index is 5.40. The summed E-state index contributed by atoms with van der Waals surface area (Å²) in [5.74, 6) is 0. The summed E-state index contributed by atoms with van der Waals surface area (Å²) in [5.41, 5.74) is 0. The molecule has 0 aromatic rings. The third-order valence-corrected chi connectivity index (χ3v) is 1.83. The van der Waals surface area contributed by atoms with E-state index < -0.39 is 0 Å². The number of hydrogen-bond donors (Lipinski definition) is 2. The third-order valence-electron chi connectivity index (χ3n) is 1.49. The number of thiol groups is 1. The molecule has 1 saturated heterocycles. The molecule has 3 heteroatoms. The van der Waals surface area contributed by atoms with Gasteiger partial charge in [-0.05, 0) is 0 Å². The molecule has 1 aliphatic rings. The van der Waals surface area contributed by atoms with Crippen LogP contribution in [0.15, 0.2) is 0 Å². The molecule has 0 spiro atoms. The Hall–Kier alpha value is 0.270. The summed E-state index contributed by atoms with van der Waals surface area (Å²) < 4.78 is 5.40. The van der Waals surface area contributed by atoms with E-state index >= 15 is 0 Å². The van der Waals surface area contributed by atoms with Gasteiger partial charge in [0.05, 0.1) is 12.7 Å². The van der Waals surface area contributed by atoms with E-state index in [9.17, 15) is 0 Å². The second-order valence-electron chi connectivity index (χ2n) is 2.35. The van der Waals surface area contributed by atoms with Gasteiger partial charge < -0.3 is 10.1 Å². The standard InChI is InChI=1S/C6H13NOS/c1-5(9)6-4-7-2-3-8-6/h5-7,9H,2-4H2,1H3. The van der Waals surface area contributed by atoms with Crippen LogP contribution in [0, 0.1) is 0 Å². The zero-order valence-corrected chi connectivity index (χ0v) is 6.53. The summed E-state index contributed by atoms with van der Waals surface area (Å²) >= 11 is 4.28. The Morgan fingerprint density at radius 3 is 2.89 bits per heavy atom. The molecule has 0 saturated carbocycles. The smallest absolute Gasteiger partial charge is 0.0813 e. The summed E-state index contributed by atoms with van der Waals surface area (Å²) in [4.78, 5) is 0. The highest BCUT2D eigenvalue weighted by Gasteiger charge is 2.16. The summed E-state index contributed by atoms with van der Waals surface area (Å²) in [6.45, 7) is 4.82. The van der Waals surface area contributed by atoms with Gasteiger partial charge in [0.2, 0.25) is 0 Å². The van der Waals surface area contributed by atoms with Crippen molar-refractivity contribution in [2.24, 2.45) is 0 Å². The molecule has 2 atom stereocenters. The Bertz CT molecular complexity index is 81.1. The molecule has 54 valence electrons. The quantitative estimate of drug-likeness (QED) is 0.520. The van der Waals surface area contributed by atoms with E-state index in [0.29, 0.717) is 11.4 Å². The van der Waals surface area contributed by atoms with E-state index in [-0.39, 0.29) is 0 Å². The van der Waals surface area contributed by atoms with Crippen LogP contribution in [0.4, 0.5) is 0 Å². The highest BCUT2D eigenvalue weighted by molar-refractivity contribution is 7.81. The molecule has 1 aliphatic heterocycles. The number of morpholine rings is 1. The largest absolute Gasteiger partial charge is 0.374 e. The fourth-order valence-corrected chi connectivity index (χ4v) is 1.09. The number of rotatable bonds is 1. The normalized spacial score (nSPS) is 32.0. The molecule has 2 unspecified atom stereocenters. The van der Waals surface area contributed by atoms with Crippen molar-refractivity contribution in [1.29, 1.82) is 0 Å². The molecular weight excluding hydrogens is 134 g/mol. The van der Waals surface area contributed by atoms with Crippen molar-refractivity contribution in [3.8, 4) is 0 Å². The monoisotopic (exact) mass is 147 g/mol. The van der Waals surface area contributed by atoms with Gasteiger partial charge in [-0.3, -0.25) is 0 Å². The summed E-state index contributed by atoms with van der Waals surface area (Å²) in [6, 6.07) is 0. The van der Waals surface area contributed by atoms with Gasteiger partial charge in [0.15, 0.2) is 0 Å². The van der Waals surface area contributed by atoms with Gasteiger partial charge in [-0.25, -0.2) is 0 Å². The summed E-state index contributed by atoms with van der Waals surface area (Å²) in [7, 11) is 0. The average Bonchev–Trinajstić information content (AvgIpc) is 1.90. The average molecular weight is 147 g/mol. The lowest BCUT2D eigenvalue weighted by atomic mass is 10.2. The van der Waals surface area contributed by atoms with Crippen LogP contribution in [0.5, 0.6) is 0 Å². The molecule has 0 aliphatic carbocycles. The maximum Gasteiger partial charge on any atom is 0.0813 e. The minimum Gasteiger partial charge on any atom is -0.374 e. The Balaban J connectivity index is 2.23. The topological polar surface area (TPSA) is 21.3 Å². The van der Waals surface area contributed by atoms with Crippen LogP contribution in [0.25, 0.3) is 0 Å². The molecule has 1 rings (SSSR count). The van der Waals surface area contributed by atoms with Gasteiger partial charge in [0.25, 0.3) is 0 Å². The van der Waals surface area contributed by atoms with Gasteiger partial charge in [0, 0.05) is 18.3 Å². The van der Waals surface area contributed by atoms with Gasteiger partial charge >= 0.3 is 0 Å². The van der Waals surface area contributed by atoms with Crippen molar-refractivity contribution in [1.82, 2.24) is 5.32 Å². The zero-order chi connectivity index (χ0) is 6.69. The number of nitrogens with one attached hydrogen (secondary N) is 1. The van der Waals surface area contributed by atoms with Gasteiger partial charge in [-0.15, -0.1) is 0 Å². The first-order valence-electron chi connectivity index (χ1n) is 3.31. The van der Waals surface area contributed by atoms with Crippen molar-refractivity contribution in [3.05, 3.63) is 0 Å². The number of ether oxygens (including phenoxy) is 1. The van der Waals surface area contributed by atoms with Crippen LogP contribution >= 0.6 is 12.6 Å². The molecule has 0 aromatic carbocycles. The van der Waals surface area contributed by atoms with E-state index in [1.54, 1.807) is 0 Å². The Kier molecular flexibility index (Phi) is 2.82. The van der Waals surface area contributed by atoms with Crippen LogP contribution in [0.2, 0.25) is 0 Å². The van der Waals surface area contributed by atoms with Crippen molar-refractivity contribution < 1.29 is 4.74 Å². The van der Waals surface area contributed by atoms with Crippen LogP contribution in [0.1, 0.15) is 6.92 Å². The first kappa shape index (κ1) is 7.38. The van der Waals surface area contributed by atoms with Crippen molar-refractivity contribution >= 4 is 12.6 Å². The minimum absolute atomic E-state index is 0.307. The molecule has 0 amide bonds. The first-order chi connectivity index (χ1) is 4.30. The highest BCUT2D eigenvalue weighted by atomic mass is 32.1. The second-order valence-corrected chi connectivity index (χ2v) is 3.17. The molecule has 1 heterocycles. The molecular formula is C6H13NOS. The van der Waals surface area contributed by atoms with Gasteiger partial charge in [-0.2, -0.15) is 12.6 Å². The SMILES string of the molecule is CC(S)C1CNCCO1. The van der Waals surface area contributed by atoms with Crippen LogP contribution in [0.3, 0.4) is 0 Å². The van der Waals surface area contributed by atoms with Gasteiger partial charge in [0.1, 0.15) is 0 Å². The third kappa shape index (κ3) is 2.16. The first-order valence-corrected chi connectivity index (χ1v) is 3.83. The fourth-order valence-electron chi connectivity index (χ4n) is 0.896. The molecule has 0 radical (unpaired) electrons. The van der Waals surface area contributed by atoms with Crippen LogP contribution in [-0.4, -0.2) is 31.1 Å². The fraction of sp³-hybridized carbons (Fsp3) is 1.00. The summed E-state index contributed by atoms with van der Waals surface area (Å²) in [5, 5.41) is 3.59. The van der Waals surface area contributed by atoms with Crippen molar-refractivity contribution in [2.45, 2.75) is 18.3 Å². The van der Waals surface area contributed by atoms with E-state index in [1.807, 2.05) is 0 Å². The zero-order valence-electron chi connectivity index (χ0n) is 5.63. The molecule has 0 aromatic heterocycles.